The minimum absolute atomic E-state index is 0.0251. The molecule has 0 aromatic carbocycles. The average Bonchev–Trinajstić information content (AvgIpc) is 2.88. The van der Waals surface area contributed by atoms with Gasteiger partial charge in [-0.3, -0.25) is 9.59 Å². The standard InChI is InChI=1S/C11H14N2O2S/c1-13(7-9-3-2-4-16-9)11(15)8-5-10(14)12-6-8/h2-4,8H,5-7H2,1H3,(H,12,14). The van der Waals surface area contributed by atoms with Gasteiger partial charge in [-0.15, -0.1) is 11.3 Å². The molecule has 1 aromatic rings. The van der Waals surface area contributed by atoms with Crippen molar-refractivity contribution in [3.8, 4) is 0 Å². The fraction of sp³-hybridized carbons (Fsp3) is 0.455. The van der Waals surface area contributed by atoms with Crippen LogP contribution in [0.3, 0.4) is 0 Å². The third-order valence-electron chi connectivity index (χ3n) is 2.68. The second-order valence-electron chi connectivity index (χ2n) is 3.98. The summed E-state index contributed by atoms with van der Waals surface area (Å²) >= 11 is 1.64. The second kappa shape index (κ2) is 4.65. The van der Waals surface area contributed by atoms with E-state index in [9.17, 15) is 9.59 Å². The first-order valence-electron chi connectivity index (χ1n) is 5.21. The van der Waals surface area contributed by atoms with E-state index in [2.05, 4.69) is 5.32 Å². The van der Waals surface area contributed by atoms with Gasteiger partial charge in [0.25, 0.3) is 0 Å². The fourth-order valence-electron chi connectivity index (χ4n) is 1.81. The van der Waals surface area contributed by atoms with E-state index in [1.54, 1.807) is 23.3 Å². The first kappa shape index (κ1) is 11.1. The molecule has 86 valence electrons. The van der Waals surface area contributed by atoms with Crippen LogP contribution in [0.1, 0.15) is 11.3 Å². The number of amides is 2. The van der Waals surface area contributed by atoms with Crippen molar-refractivity contribution in [2.45, 2.75) is 13.0 Å². The Morgan fingerprint density at radius 3 is 3.06 bits per heavy atom. The highest BCUT2D eigenvalue weighted by Gasteiger charge is 2.29. The maximum atomic E-state index is 12.0. The van der Waals surface area contributed by atoms with Gasteiger partial charge >= 0.3 is 0 Å². The Kier molecular flexibility index (Phi) is 3.24. The van der Waals surface area contributed by atoms with Gasteiger partial charge in [0.05, 0.1) is 12.5 Å². The molecule has 1 N–H and O–H groups in total. The molecule has 2 amide bonds. The molecule has 0 radical (unpaired) electrons. The van der Waals surface area contributed by atoms with Crippen LogP contribution in [0, 0.1) is 5.92 Å². The summed E-state index contributed by atoms with van der Waals surface area (Å²) in [6.07, 6.45) is 0.327. The Labute approximate surface area is 98.3 Å². The molecular formula is C11H14N2O2S. The van der Waals surface area contributed by atoms with Crippen molar-refractivity contribution in [2.75, 3.05) is 13.6 Å². The molecule has 5 heteroatoms. The van der Waals surface area contributed by atoms with E-state index in [1.807, 2.05) is 17.5 Å². The van der Waals surface area contributed by atoms with Gasteiger partial charge in [0.1, 0.15) is 0 Å². The molecule has 0 aliphatic carbocycles. The second-order valence-corrected chi connectivity index (χ2v) is 5.01. The molecule has 1 aromatic heterocycles. The third-order valence-corrected chi connectivity index (χ3v) is 3.54. The highest BCUT2D eigenvalue weighted by Crippen LogP contribution is 2.16. The number of carbonyl (C=O) groups excluding carboxylic acids is 2. The minimum Gasteiger partial charge on any atom is -0.355 e. The van der Waals surface area contributed by atoms with E-state index in [0.717, 1.165) is 4.88 Å². The molecule has 2 heterocycles. The van der Waals surface area contributed by atoms with E-state index >= 15 is 0 Å². The van der Waals surface area contributed by atoms with E-state index in [0.29, 0.717) is 19.5 Å². The number of thiophene rings is 1. The average molecular weight is 238 g/mol. The van der Waals surface area contributed by atoms with Gasteiger partial charge in [-0.05, 0) is 11.4 Å². The molecule has 1 unspecified atom stereocenters. The molecule has 0 saturated carbocycles. The summed E-state index contributed by atoms with van der Waals surface area (Å²) in [5, 5.41) is 4.67. The summed E-state index contributed by atoms with van der Waals surface area (Å²) < 4.78 is 0. The highest BCUT2D eigenvalue weighted by atomic mass is 32.1. The molecule has 0 bridgehead atoms. The molecule has 1 saturated heterocycles. The van der Waals surface area contributed by atoms with Gasteiger partial charge in [-0.1, -0.05) is 6.07 Å². The number of hydrogen-bond donors (Lipinski definition) is 1. The van der Waals surface area contributed by atoms with Gasteiger partial charge in [0.15, 0.2) is 0 Å². The van der Waals surface area contributed by atoms with E-state index in [4.69, 9.17) is 0 Å². The maximum absolute atomic E-state index is 12.0. The van der Waals surface area contributed by atoms with Crippen molar-refractivity contribution < 1.29 is 9.59 Å². The van der Waals surface area contributed by atoms with E-state index in [-0.39, 0.29) is 17.7 Å². The summed E-state index contributed by atoms with van der Waals surface area (Å²) in [6.45, 7) is 1.10. The zero-order valence-electron chi connectivity index (χ0n) is 9.10. The van der Waals surface area contributed by atoms with Crippen LogP contribution in [0.5, 0.6) is 0 Å². The van der Waals surface area contributed by atoms with Crippen LogP contribution >= 0.6 is 11.3 Å². The summed E-state index contributed by atoms with van der Waals surface area (Å²) in [4.78, 5) is 25.8. The largest absolute Gasteiger partial charge is 0.355 e. The lowest BCUT2D eigenvalue weighted by Crippen LogP contribution is -2.33. The Morgan fingerprint density at radius 2 is 2.50 bits per heavy atom. The van der Waals surface area contributed by atoms with Crippen molar-refractivity contribution >= 4 is 23.2 Å². The normalized spacial score (nSPS) is 19.6. The Balaban J connectivity index is 1.92. The molecule has 1 aliphatic heterocycles. The maximum Gasteiger partial charge on any atom is 0.228 e. The molecule has 1 atom stereocenters. The molecule has 1 aliphatic rings. The number of nitrogens with one attached hydrogen (secondary N) is 1. The Morgan fingerprint density at radius 1 is 1.69 bits per heavy atom. The zero-order valence-corrected chi connectivity index (χ0v) is 9.92. The van der Waals surface area contributed by atoms with Crippen LogP contribution in [0.4, 0.5) is 0 Å². The topological polar surface area (TPSA) is 49.4 Å². The predicted molar refractivity (Wildman–Crippen MR) is 61.9 cm³/mol. The quantitative estimate of drug-likeness (QED) is 0.848. The summed E-state index contributed by atoms with van der Waals surface area (Å²) in [7, 11) is 1.78. The van der Waals surface area contributed by atoms with Crippen LogP contribution < -0.4 is 5.32 Å². The molecule has 2 rings (SSSR count). The van der Waals surface area contributed by atoms with Crippen LogP contribution in [0.15, 0.2) is 17.5 Å². The Hall–Kier alpha value is -1.36. The molecule has 1 fully saturated rings. The van der Waals surface area contributed by atoms with Gasteiger partial charge in [-0.25, -0.2) is 0 Å². The van der Waals surface area contributed by atoms with Crippen molar-refractivity contribution in [2.24, 2.45) is 5.92 Å². The zero-order chi connectivity index (χ0) is 11.5. The van der Waals surface area contributed by atoms with Crippen molar-refractivity contribution in [3.63, 3.8) is 0 Å². The summed E-state index contributed by atoms with van der Waals surface area (Å²) in [5.41, 5.74) is 0. The molecule has 4 nitrogen and oxygen atoms in total. The van der Waals surface area contributed by atoms with Crippen molar-refractivity contribution in [3.05, 3.63) is 22.4 Å². The van der Waals surface area contributed by atoms with Crippen LogP contribution in [-0.2, 0) is 16.1 Å². The fourth-order valence-corrected chi connectivity index (χ4v) is 2.56. The first-order chi connectivity index (χ1) is 7.66. The lowest BCUT2D eigenvalue weighted by molar-refractivity contribution is -0.135. The van der Waals surface area contributed by atoms with Gasteiger partial charge in [0.2, 0.25) is 11.8 Å². The molecule has 16 heavy (non-hydrogen) atoms. The van der Waals surface area contributed by atoms with Crippen LogP contribution in [0.25, 0.3) is 0 Å². The van der Waals surface area contributed by atoms with Gasteiger partial charge in [-0.2, -0.15) is 0 Å². The third kappa shape index (κ3) is 2.41. The number of carbonyl (C=O) groups is 2. The smallest absolute Gasteiger partial charge is 0.228 e. The van der Waals surface area contributed by atoms with Crippen molar-refractivity contribution in [1.82, 2.24) is 10.2 Å². The summed E-state index contributed by atoms with van der Waals surface area (Å²) in [5.74, 6) is -0.160. The highest BCUT2D eigenvalue weighted by molar-refractivity contribution is 7.09. The number of hydrogen-bond acceptors (Lipinski definition) is 3. The first-order valence-corrected chi connectivity index (χ1v) is 6.09. The Bertz CT molecular complexity index is 389. The van der Waals surface area contributed by atoms with Gasteiger partial charge < -0.3 is 10.2 Å². The summed E-state index contributed by atoms with van der Waals surface area (Å²) in [6, 6.07) is 3.98. The van der Waals surface area contributed by atoms with Gasteiger partial charge in [0, 0.05) is 24.9 Å². The number of rotatable bonds is 3. The number of nitrogens with zero attached hydrogens (tertiary/aromatic N) is 1. The van der Waals surface area contributed by atoms with Crippen molar-refractivity contribution in [1.29, 1.82) is 0 Å². The van der Waals surface area contributed by atoms with Crippen LogP contribution in [0.2, 0.25) is 0 Å². The predicted octanol–water partition coefficient (Wildman–Crippen LogP) is 0.843. The minimum atomic E-state index is -0.183. The molecular weight excluding hydrogens is 224 g/mol. The monoisotopic (exact) mass is 238 g/mol. The molecule has 0 spiro atoms. The lowest BCUT2D eigenvalue weighted by Gasteiger charge is -2.19. The van der Waals surface area contributed by atoms with Crippen LogP contribution in [-0.4, -0.2) is 30.3 Å². The SMILES string of the molecule is CN(Cc1cccs1)C(=O)C1CNC(=O)C1. The lowest BCUT2D eigenvalue weighted by atomic mass is 10.1. The van der Waals surface area contributed by atoms with E-state index < -0.39 is 0 Å². The van der Waals surface area contributed by atoms with E-state index in [1.165, 1.54) is 0 Å².